The van der Waals surface area contributed by atoms with Gasteiger partial charge in [0.05, 0.1) is 17.4 Å². The van der Waals surface area contributed by atoms with E-state index in [1.807, 2.05) is 0 Å². The number of amides is 1. The number of fused-ring (bicyclic) bond motifs is 2. The van der Waals surface area contributed by atoms with Gasteiger partial charge in [0.1, 0.15) is 0 Å². The van der Waals surface area contributed by atoms with E-state index >= 15 is 0 Å². The normalized spacial score (nSPS) is 29.3. The average Bonchev–Trinajstić information content (AvgIpc) is 3.07. The molecule has 2 bridgehead atoms. The Balaban J connectivity index is 1.78. The van der Waals surface area contributed by atoms with E-state index in [0.717, 1.165) is 19.3 Å². The maximum absolute atomic E-state index is 12.5. The summed E-state index contributed by atoms with van der Waals surface area (Å²) in [6, 6.07) is 5.97. The maximum Gasteiger partial charge on any atom is 0.335 e. The van der Waals surface area contributed by atoms with Gasteiger partial charge in [-0.2, -0.15) is 0 Å². The third-order valence-electron chi connectivity index (χ3n) is 4.88. The lowest BCUT2D eigenvalue weighted by molar-refractivity contribution is -0.148. The number of hydrogen-bond acceptors (Lipinski definition) is 3. The number of hydrogen-bond donors (Lipinski definition) is 3. The Kier molecular flexibility index (Phi) is 3.60. The smallest absolute Gasteiger partial charge is 0.335 e. The van der Waals surface area contributed by atoms with Crippen molar-refractivity contribution in [2.24, 2.45) is 23.7 Å². The zero-order valence-electron chi connectivity index (χ0n) is 11.9. The van der Waals surface area contributed by atoms with Gasteiger partial charge in [0.25, 0.3) is 0 Å². The fourth-order valence-electron chi connectivity index (χ4n) is 3.98. The van der Waals surface area contributed by atoms with Crippen molar-refractivity contribution < 1.29 is 24.6 Å². The van der Waals surface area contributed by atoms with Crippen LogP contribution in [0.4, 0.5) is 5.69 Å². The molecule has 0 radical (unpaired) electrons. The van der Waals surface area contributed by atoms with Crippen LogP contribution in [0.2, 0.25) is 0 Å². The Bertz CT molecular complexity index is 641. The molecule has 3 rings (SSSR count). The van der Waals surface area contributed by atoms with Gasteiger partial charge in [-0.05, 0) is 49.3 Å². The third kappa shape index (κ3) is 2.45. The number of carboxylic acids is 2. The summed E-state index contributed by atoms with van der Waals surface area (Å²) in [5.74, 6) is -3.24. The summed E-state index contributed by atoms with van der Waals surface area (Å²) in [6.07, 6.45) is 2.56. The summed E-state index contributed by atoms with van der Waals surface area (Å²) in [6.45, 7) is 0. The molecule has 0 unspecified atom stereocenters. The highest BCUT2D eigenvalue weighted by atomic mass is 16.4. The molecule has 3 N–H and O–H groups in total. The highest BCUT2D eigenvalue weighted by Crippen LogP contribution is 2.52. The van der Waals surface area contributed by atoms with E-state index in [1.54, 1.807) is 12.1 Å². The molecule has 22 heavy (non-hydrogen) atoms. The Hall–Kier alpha value is -2.37. The molecule has 2 fully saturated rings. The number of benzene rings is 1. The number of aromatic carboxylic acids is 1. The second kappa shape index (κ2) is 5.44. The largest absolute Gasteiger partial charge is 0.481 e. The van der Waals surface area contributed by atoms with Crippen LogP contribution in [0.15, 0.2) is 24.3 Å². The first-order chi connectivity index (χ1) is 10.5. The molecular weight excluding hydrogens is 286 g/mol. The van der Waals surface area contributed by atoms with Crippen LogP contribution in [-0.4, -0.2) is 28.1 Å². The lowest BCUT2D eigenvalue weighted by atomic mass is 9.78. The highest BCUT2D eigenvalue weighted by Gasteiger charge is 2.53. The van der Waals surface area contributed by atoms with E-state index in [2.05, 4.69) is 5.32 Å². The van der Waals surface area contributed by atoms with E-state index in [1.165, 1.54) is 12.1 Å². The lowest BCUT2D eigenvalue weighted by Crippen LogP contribution is -2.37. The average molecular weight is 303 g/mol. The number of carbonyl (C=O) groups is 3. The molecule has 0 spiro atoms. The zero-order chi connectivity index (χ0) is 15.9. The first-order valence-electron chi connectivity index (χ1n) is 7.34. The fraction of sp³-hybridized carbons (Fsp3) is 0.438. The monoisotopic (exact) mass is 303 g/mol. The van der Waals surface area contributed by atoms with Crippen LogP contribution in [0.3, 0.4) is 0 Å². The summed E-state index contributed by atoms with van der Waals surface area (Å²) in [5, 5.41) is 21.0. The molecule has 0 aliphatic heterocycles. The predicted molar refractivity (Wildman–Crippen MR) is 77.5 cm³/mol. The molecule has 6 nitrogen and oxygen atoms in total. The first kappa shape index (κ1) is 14.6. The van der Waals surface area contributed by atoms with Crippen molar-refractivity contribution in [2.45, 2.75) is 19.3 Å². The molecule has 1 aromatic rings. The molecular formula is C16H17NO5. The molecule has 1 aromatic carbocycles. The van der Waals surface area contributed by atoms with Gasteiger partial charge in [-0.3, -0.25) is 9.59 Å². The SMILES string of the molecule is O=C(O)c1cccc(NC(=O)[C@H]2[C@@H]3CC[C@@H](C3)[C@@H]2C(=O)O)c1. The minimum absolute atomic E-state index is 0.0838. The van der Waals surface area contributed by atoms with E-state index in [-0.39, 0.29) is 23.3 Å². The van der Waals surface area contributed by atoms with E-state index in [0.29, 0.717) is 5.69 Å². The van der Waals surface area contributed by atoms with Gasteiger partial charge >= 0.3 is 11.9 Å². The summed E-state index contributed by atoms with van der Waals surface area (Å²) in [7, 11) is 0. The van der Waals surface area contributed by atoms with E-state index in [9.17, 15) is 19.5 Å². The van der Waals surface area contributed by atoms with Crippen LogP contribution < -0.4 is 5.32 Å². The minimum atomic E-state index is -1.07. The zero-order valence-corrected chi connectivity index (χ0v) is 11.9. The Morgan fingerprint density at radius 1 is 1.05 bits per heavy atom. The van der Waals surface area contributed by atoms with Crippen LogP contribution in [0.5, 0.6) is 0 Å². The fourth-order valence-corrected chi connectivity index (χ4v) is 3.98. The number of anilines is 1. The van der Waals surface area contributed by atoms with Crippen molar-refractivity contribution in [1.82, 2.24) is 0 Å². The minimum Gasteiger partial charge on any atom is -0.481 e. The summed E-state index contributed by atoms with van der Waals surface area (Å²) in [4.78, 5) is 34.9. The molecule has 4 atom stereocenters. The molecule has 0 aromatic heterocycles. The molecule has 2 saturated carbocycles. The summed E-state index contributed by atoms with van der Waals surface area (Å²) in [5.41, 5.74) is 0.470. The van der Waals surface area contributed by atoms with Gasteiger partial charge in [-0.25, -0.2) is 4.79 Å². The quantitative estimate of drug-likeness (QED) is 0.790. The van der Waals surface area contributed by atoms with Crippen molar-refractivity contribution in [1.29, 1.82) is 0 Å². The van der Waals surface area contributed by atoms with Gasteiger partial charge < -0.3 is 15.5 Å². The molecule has 2 aliphatic rings. The second-order valence-electron chi connectivity index (χ2n) is 6.10. The number of carboxylic acid groups (broad SMARTS) is 2. The molecule has 6 heteroatoms. The highest BCUT2D eigenvalue weighted by molar-refractivity contribution is 5.97. The number of rotatable bonds is 4. The number of aliphatic carboxylic acids is 1. The Labute approximate surface area is 127 Å². The number of carbonyl (C=O) groups excluding carboxylic acids is 1. The van der Waals surface area contributed by atoms with Crippen molar-refractivity contribution in [3.63, 3.8) is 0 Å². The molecule has 1 amide bonds. The van der Waals surface area contributed by atoms with Crippen molar-refractivity contribution in [2.75, 3.05) is 5.32 Å². The molecule has 0 saturated heterocycles. The third-order valence-corrected chi connectivity index (χ3v) is 4.88. The van der Waals surface area contributed by atoms with Crippen molar-refractivity contribution >= 4 is 23.5 Å². The van der Waals surface area contributed by atoms with Crippen LogP contribution in [0.25, 0.3) is 0 Å². The molecule has 116 valence electrons. The van der Waals surface area contributed by atoms with Crippen molar-refractivity contribution in [3.05, 3.63) is 29.8 Å². The predicted octanol–water partition coefficient (Wildman–Crippen LogP) is 2.07. The van der Waals surface area contributed by atoms with Crippen LogP contribution in [0, 0.1) is 23.7 Å². The van der Waals surface area contributed by atoms with E-state index < -0.39 is 23.8 Å². The molecule has 0 heterocycles. The Morgan fingerprint density at radius 2 is 1.73 bits per heavy atom. The summed E-state index contributed by atoms with van der Waals surface area (Å²) < 4.78 is 0. The lowest BCUT2D eigenvalue weighted by Gasteiger charge is -2.27. The second-order valence-corrected chi connectivity index (χ2v) is 6.10. The number of nitrogens with one attached hydrogen (secondary N) is 1. The Morgan fingerprint density at radius 3 is 2.36 bits per heavy atom. The van der Waals surface area contributed by atoms with Crippen LogP contribution in [0.1, 0.15) is 29.6 Å². The van der Waals surface area contributed by atoms with Gasteiger partial charge in [-0.1, -0.05) is 6.07 Å². The van der Waals surface area contributed by atoms with Gasteiger partial charge in [-0.15, -0.1) is 0 Å². The molecule has 2 aliphatic carbocycles. The maximum atomic E-state index is 12.5. The standard InChI is InChI=1S/C16H17NO5/c18-14(17-11-3-1-2-10(7-11)15(19)20)12-8-4-5-9(6-8)13(12)16(21)22/h1-3,7-9,12-13H,4-6H2,(H,17,18)(H,19,20)(H,21,22)/t8-,9+,12+,13+/m1/s1. The van der Waals surface area contributed by atoms with Crippen molar-refractivity contribution in [3.8, 4) is 0 Å². The van der Waals surface area contributed by atoms with E-state index in [4.69, 9.17) is 5.11 Å². The van der Waals surface area contributed by atoms with Crippen LogP contribution >= 0.6 is 0 Å². The summed E-state index contributed by atoms with van der Waals surface area (Å²) >= 11 is 0. The van der Waals surface area contributed by atoms with Gasteiger partial charge in [0.2, 0.25) is 5.91 Å². The topological polar surface area (TPSA) is 104 Å². The van der Waals surface area contributed by atoms with Gasteiger partial charge in [0, 0.05) is 5.69 Å². The first-order valence-corrected chi connectivity index (χ1v) is 7.34. The van der Waals surface area contributed by atoms with Crippen LogP contribution in [-0.2, 0) is 9.59 Å². The van der Waals surface area contributed by atoms with Gasteiger partial charge in [0.15, 0.2) is 0 Å².